The van der Waals surface area contributed by atoms with Crippen LogP contribution in [0.3, 0.4) is 0 Å². The Labute approximate surface area is 411 Å². The normalized spacial score (nSPS) is 17.0. The number of nitrogens with zero attached hydrogens (tertiary/aromatic N) is 2. The van der Waals surface area contributed by atoms with Crippen molar-refractivity contribution < 1.29 is 35.5 Å². The zero-order valence-corrected chi connectivity index (χ0v) is 41.5. The minimum Gasteiger partial charge on any atom is -0.501 e. The molecule has 0 unspecified atom stereocenters. The van der Waals surface area contributed by atoms with E-state index in [1.807, 2.05) is 36.5 Å². The van der Waals surface area contributed by atoms with E-state index in [0.29, 0.717) is 22.4 Å². The molecule has 4 heteroatoms. The summed E-state index contributed by atoms with van der Waals surface area (Å²) in [5.74, 6) is 0. The van der Waals surface area contributed by atoms with Crippen LogP contribution in [0.25, 0.3) is 77.1 Å². The van der Waals surface area contributed by atoms with E-state index in [1.165, 1.54) is 22.9 Å². The van der Waals surface area contributed by atoms with E-state index in [1.54, 1.807) is 39.0 Å². The maximum atomic E-state index is 8.85. The Morgan fingerprint density at radius 1 is 0.692 bits per heavy atom. The summed E-state index contributed by atoms with van der Waals surface area (Å²) in [6, 6.07) is 42.6. The molecule has 3 heterocycles. The van der Waals surface area contributed by atoms with Gasteiger partial charge in [-0.05, 0) is 127 Å². The maximum Gasteiger partial charge on any atom is 0.121 e. The number of hydrogen-bond donors (Lipinski definition) is 0. The standard InChI is InChI=1S/C31H26NO.C30H36N.Ir/c1-19-18-32-28(15-22(19)17-31(2,3)4)25-11-7-10-24-27-14-21-13-12-20-8-5-6-9-23(20)26(21)16-29(27)33-30(24)25;1-20-9-10-22(27-19-23(13-16-31-27)28(2,3)4)17-24(20)21-11-12-25-26(18-21)30(7,8)15-14-29(25,5)6;/h5-10,12-16,18H,17H2,1-4H3;9,11-13,16-19H,14-15H2,1-8H3;/q2*-1;/i1D3,17D2;1D3;. The van der Waals surface area contributed by atoms with Gasteiger partial charge in [0.05, 0.1) is 5.58 Å². The van der Waals surface area contributed by atoms with Gasteiger partial charge in [0.1, 0.15) is 5.58 Å². The van der Waals surface area contributed by atoms with Gasteiger partial charge in [0.25, 0.3) is 0 Å². The van der Waals surface area contributed by atoms with E-state index in [0.717, 1.165) is 73.1 Å². The largest absolute Gasteiger partial charge is 0.501 e. The van der Waals surface area contributed by atoms with E-state index in [2.05, 4.69) is 131 Å². The SMILES string of the molecule is [2H]C([2H])([2H])c1c[c-]c(-c2cc(C(C)(C)C)ccn2)cc1-c1ccc2c(c1)C(C)(C)CCC2(C)C.[2H]C([2H])([2H])c1cnc(-c2[c-]ccc3c2oc2cc4c(ccc5ccccc54)cc23)cc1C([2H])([2H])C(C)(C)C.[Ir]. The summed E-state index contributed by atoms with van der Waals surface area (Å²) >= 11 is 0. The predicted molar refractivity (Wildman–Crippen MR) is 271 cm³/mol. The van der Waals surface area contributed by atoms with E-state index >= 15 is 0 Å². The zero-order chi connectivity index (χ0) is 52.1. The van der Waals surface area contributed by atoms with Gasteiger partial charge >= 0.3 is 0 Å². The molecule has 9 aromatic rings. The van der Waals surface area contributed by atoms with Gasteiger partial charge in [0.2, 0.25) is 0 Å². The van der Waals surface area contributed by atoms with Gasteiger partial charge in [0, 0.05) is 48.9 Å². The molecule has 0 fully saturated rings. The number of fused-ring (bicyclic) bond motifs is 7. The predicted octanol–water partition coefficient (Wildman–Crippen LogP) is 16.8. The maximum absolute atomic E-state index is 8.85. The summed E-state index contributed by atoms with van der Waals surface area (Å²) < 4.78 is 72.7. The van der Waals surface area contributed by atoms with Crippen molar-refractivity contribution in [1.82, 2.24) is 9.97 Å². The number of benzene rings is 6. The van der Waals surface area contributed by atoms with Crippen LogP contribution < -0.4 is 0 Å². The van der Waals surface area contributed by atoms with Crippen molar-refractivity contribution in [2.75, 3.05) is 0 Å². The van der Waals surface area contributed by atoms with Gasteiger partial charge in [-0.2, -0.15) is 0 Å². The number of pyridine rings is 2. The fourth-order valence-electron chi connectivity index (χ4n) is 9.21. The first-order valence-corrected chi connectivity index (χ1v) is 22.3. The first-order valence-electron chi connectivity index (χ1n) is 26.3. The average Bonchev–Trinajstić information content (AvgIpc) is 3.68. The molecule has 0 saturated heterocycles. The summed E-state index contributed by atoms with van der Waals surface area (Å²) in [6.07, 6.45) is 3.43. The Hall–Kier alpha value is -5.41. The van der Waals surface area contributed by atoms with Crippen molar-refractivity contribution in [1.29, 1.82) is 0 Å². The molecule has 0 atom stereocenters. The van der Waals surface area contributed by atoms with Crippen molar-refractivity contribution >= 4 is 43.5 Å². The zero-order valence-electron chi connectivity index (χ0n) is 47.1. The number of rotatable bonds is 4. The topological polar surface area (TPSA) is 38.9 Å². The van der Waals surface area contributed by atoms with E-state index in [-0.39, 0.29) is 47.5 Å². The Morgan fingerprint density at radius 2 is 1.45 bits per heavy atom. The fourth-order valence-corrected chi connectivity index (χ4v) is 9.21. The Balaban J connectivity index is 0.000000194. The molecule has 65 heavy (non-hydrogen) atoms. The Morgan fingerprint density at radius 3 is 2.20 bits per heavy atom. The van der Waals surface area contributed by atoms with Crippen LogP contribution >= 0.6 is 0 Å². The average molecular weight is 1040 g/mol. The van der Waals surface area contributed by atoms with Crippen LogP contribution in [0.15, 0.2) is 126 Å². The van der Waals surface area contributed by atoms with Crippen LogP contribution in [0.5, 0.6) is 0 Å². The molecular weight excluding hydrogens is 969 g/mol. The summed E-state index contributed by atoms with van der Waals surface area (Å²) in [6.45, 7) is 16.3. The molecule has 3 nitrogen and oxygen atoms in total. The molecule has 6 aromatic carbocycles. The third kappa shape index (κ3) is 9.10. The third-order valence-electron chi connectivity index (χ3n) is 13.0. The molecule has 0 amide bonds. The van der Waals surface area contributed by atoms with Crippen LogP contribution in [-0.2, 0) is 42.7 Å². The first kappa shape index (κ1) is 36.8. The van der Waals surface area contributed by atoms with Crippen LogP contribution in [0.2, 0.25) is 0 Å². The number of hydrogen-bond acceptors (Lipinski definition) is 3. The van der Waals surface area contributed by atoms with Crippen molar-refractivity contribution in [3.05, 3.63) is 167 Å². The second kappa shape index (κ2) is 17.1. The van der Waals surface area contributed by atoms with Crippen LogP contribution in [0.1, 0.15) is 126 Å². The summed E-state index contributed by atoms with van der Waals surface area (Å²) in [5.41, 5.74) is 9.13. The van der Waals surface area contributed by atoms with Crippen molar-refractivity contribution in [3.63, 3.8) is 0 Å². The van der Waals surface area contributed by atoms with Gasteiger partial charge in [-0.25, -0.2) is 0 Å². The van der Waals surface area contributed by atoms with Crippen molar-refractivity contribution in [2.45, 2.75) is 118 Å². The minimum absolute atomic E-state index is 0. The van der Waals surface area contributed by atoms with Gasteiger partial charge in [-0.1, -0.05) is 165 Å². The molecule has 1 aliphatic carbocycles. The molecule has 0 aliphatic heterocycles. The van der Waals surface area contributed by atoms with Crippen molar-refractivity contribution in [3.8, 4) is 33.6 Å². The fraction of sp³-hybridized carbons (Fsp3) is 0.311. The number of aromatic nitrogens is 2. The van der Waals surface area contributed by atoms with Crippen LogP contribution in [0.4, 0.5) is 0 Å². The van der Waals surface area contributed by atoms with Crippen LogP contribution in [0, 0.1) is 31.3 Å². The van der Waals surface area contributed by atoms with E-state index in [4.69, 9.17) is 15.4 Å². The summed E-state index contributed by atoms with van der Waals surface area (Å²) in [5, 5.41) is 6.36. The Bertz CT molecular complexity index is 3570. The molecule has 0 spiro atoms. The van der Waals surface area contributed by atoms with Gasteiger partial charge in [-0.3, -0.25) is 0 Å². The molecular formula is C61H62IrN2O-2. The number of furan rings is 1. The van der Waals surface area contributed by atoms with E-state index < -0.39 is 25.5 Å². The minimum atomic E-state index is -2.50. The second-order valence-electron chi connectivity index (χ2n) is 20.9. The van der Waals surface area contributed by atoms with Gasteiger partial charge in [0.15, 0.2) is 0 Å². The first-order chi connectivity index (χ1) is 33.5. The molecule has 0 saturated carbocycles. The summed E-state index contributed by atoms with van der Waals surface area (Å²) in [7, 11) is 0. The number of aryl methyl sites for hydroxylation is 2. The molecule has 1 aliphatic rings. The van der Waals surface area contributed by atoms with Crippen molar-refractivity contribution in [2.24, 2.45) is 5.41 Å². The van der Waals surface area contributed by atoms with Gasteiger partial charge in [-0.15, -0.1) is 47.5 Å². The van der Waals surface area contributed by atoms with Crippen LogP contribution in [-0.4, -0.2) is 9.97 Å². The summed E-state index contributed by atoms with van der Waals surface area (Å²) in [4.78, 5) is 9.06. The Kier molecular flexibility index (Phi) is 9.67. The quantitative estimate of drug-likeness (QED) is 0.130. The molecule has 0 N–H and O–H groups in total. The monoisotopic (exact) mass is 1040 g/mol. The smallest absolute Gasteiger partial charge is 0.121 e. The van der Waals surface area contributed by atoms with E-state index in [9.17, 15) is 0 Å². The molecule has 0 bridgehead atoms. The molecule has 333 valence electrons. The molecule has 1 radical (unpaired) electrons. The van der Waals surface area contributed by atoms with Gasteiger partial charge < -0.3 is 14.4 Å². The molecule has 10 rings (SSSR count). The molecule has 3 aromatic heterocycles. The third-order valence-corrected chi connectivity index (χ3v) is 13.0. The second-order valence-corrected chi connectivity index (χ2v) is 20.9.